The first-order valence-electron chi connectivity index (χ1n) is 29.0. The van der Waals surface area contributed by atoms with E-state index >= 15 is 0 Å². The van der Waals surface area contributed by atoms with Gasteiger partial charge in [0.05, 0.1) is 41.5 Å². The summed E-state index contributed by atoms with van der Waals surface area (Å²) in [5.74, 6) is -5.48. The maximum Gasteiger partial charge on any atom is 0.254 e. The number of halogens is 1. The van der Waals surface area contributed by atoms with Crippen molar-refractivity contribution in [3.05, 3.63) is 101 Å². The molecule has 3 fully saturated rings. The highest BCUT2D eigenvalue weighted by Crippen LogP contribution is 2.39. The topological polar surface area (TPSA) is 267 Å². The number of benzene rings is 3. The van der Waals surface area contributed by atoms with Crippen LogP contribution in [0.25, 0.3) is 0 Å². The van der Waals surface area contributed by atoms with Crippen LogP contribution in [-0.4, -0.2) is 179 Å². The van der Waals surface area contributed by atoms with Crippen LogP contribution in [0.5, 0.6) is 0 Å². The maximum atomic E-state index is 14.9. The summed E-state index contributed by atoms with van der Waals surface area (Å²) in [5, 5.41) is 58.8. The van der Waals surface area contributed by atoms with Gasteiger partial charge in [-0.1, -0.05) is 107 Å². The summed E-state index contributed by atoms with van der Waals surface area (Å²) in [6.07, 6.45) is -8.58. The molecular weight excluding hydrogens is 1090 g/mol. The number of hydrogen-bond donors (Lipinski definition) is 8. The Kier molecular flexibility index (Phi) is 23.7. The standard InChI is InChI=1S/C62H91ClN6O14/c1-34(2)50-58(76)65-44(28-40-23-25-43(26-24-40)64-57(75)46(29-42-21-17-18-22-45(42)63)66-59(77)51(71)41-19-15-14-16-20-41)30-48(70)69(12)33-35(3)31-61(8,78)55(83-60-52(72)47(68(10)11)27-36(4)80-60)37(5)53(38(6)56(74)67-50)82-49-32-62(9,79-13)54(73)39(7)81-49/h14-26,34-39,44,46-47,49-55,60,71-73,78H,27-33H2,1-13H3,(H,64,75)(H,65,76)(H,66,77)(H,67,74)/t35-,36-,37+,38-,39+,44-,46+,47+,49+,50+,51?,52-,53+,54+,55-,60+,61-,62-/m1/s1. The lowest BCUT2D eigenvalue weighted by molar-refractivity contribution is -0.317. The van der Waals surface area contributed by atoms with E-state index in [2.05, 4.69) is 21.3 Å². The number of carbonyl (C=O) groups excluding carboxylic acids is 5. The lowest BCUT2D eigenvalue weighted by Gasteiger charge is -2.49. The highest BCUT2D eigenvalue weighted by atomic mass is 35.5. The molecule has 0 bridgehead atoms. The van der Waals surface area contributed by atoms with Crippen LogP contribution in [0.4, 0.5) is 5.69 Å². The molecule has 1 unspecified atom stereocenters. The van der Waals surface area contributed by atoms with Gasteiger partial charge in [-0.05, 0) is 108 Å². The van der Waals surface area contributed by atoms with Crippen molar-refractivity contribution in [2.24, 2.45) is 23.7 Å². The van der Waals surface area contributed by atoms with E-state index in [1.54, 1.807) is 139 Å². The molecule has 21 heteroatoms. The molecule has 3 aliphatic heterocycles. The van der Waals surface area contributed by atoms with Gasteiger partial charge in [-0.3, -0.25) is 24.0 Å². The third kappa shape index (κ3) is 17.5. The average Bonchev–Trinajstić information content (AvgIpc) is 3.66. The van der Waals surface area contributed by atoms with Crippen molar-refractivity contribution < 1.29 is 68.1 Å². The number of carbonyl (C=O) groups is 5. The van der Waals surface area contributed by atoms with Crippen LogP contribution in [0.1, 0.15) is 111 Å². The quantitative estimate of drug-likeness (QED) is 0.0947. The van der Waals surface area contributed by atoms with Gasteiger partial charge in [0.25, 0.3) is 5.91 Å². The molecule has 20 nitrogen and oxygen atoms in total. The van der Waals surface area contributed by atoms with Crippen LogP contribution in [-0.2, 0) is 60.5 Å². The molecule has 460 valence electrons. The second-order valence-corrected chi connectivity index (χ2v) is 24.9. The first-order chi connectivity index (χ1) is 39.0. The van der Waals surface area contributed by atoms with E-state index in [0.29, 0.717) is 33.8 Å². The molecule has 18 atom stereocenters. The Morgan fingerprint density at radius 2 is 1.53 bits per heavy atom. The van der Waals surface area contributed by atoms with Crippen LogP contribution in [0.15, 0.2) is 78.9 Å². The van der Waals surface area contributed by atoms with Gasteiger partial charge in [0, 0.05) is 68.7 Å². The number of ether oxygens (including phenoxy) is 5. The fraction of sp³-hybridized carbons (Fsp3) is 0.629. The van der Waals surface area contributed by atoms with Crippen molar-refractivity contribution in [2.75, 3.05) is 40.1 Å². The van der Waals surface area contributed by atoms with Crippen LogP contribution in [0.2, 0.25) is 5.02 Å². The normalized spacial score (nSPS) is 33.4. The molecule has 8 N–H and O–H groups in total. The number of aliphatic hydroxyl groups excluding tert-OH is 3. The van der Waals surface area contributed by atoms with Crippen LogP contribution in [0, 0.1) is 23.7 Å². The molecule has 3 aliphatic rings. The summed E-state index contributed by atoms with van der Waals surface area (Å²) < 4.78 is 32.1. The summed E-state index contributed by atoms with van der Waals surface area (Å²) in [6, 6.07) is 18.7. The predicted octanol–water partition coefficient (Wildman–Crippen LogP) is 4.92. The van der Waals surface area contributed by atoms with E-state index in [-0.39, 0.29) is 62.6 Å². The SMILES string of the molecule is CO[C@]1(C)C[C@H](O[C@H]2[C@H](C)[C@@H](O[C@@H]3O[C@H](C)C[C@H](N(C)C)[C@H]3O)[C@](C)(O)C[C@@H](C)CN(C)C(=O)C[C@@H](Cc3ccc(NC(=O)[C@H](Cc4ccccc4Cl)NC(=O)C(O)c4ccccc4)cc3)NC(=O)[C@H](C(C)C)NC(=O)[C@@H]2C)O[C@@H](C)[C@@H]1O. The molecule has 0 aromatic heterocycles. The lowest BCUT2D eigenvalue weighted by atomic mass is 9.77. The number of methoxy groups -OCH3 is 1. The van der Waals surface area contributed by atoms with E-state index in [1.165, 1.54) is 7.11 Å². The van der Waals surface area contributed by atoms with E-state index in [0.717, 1.165) is 0 Å². The van der Waals surface area contributed by atoms with Crippen molar-refractivity contribution in [1.82, 2.24) is 25.8 Å². The second-order valence-electron chi connectivity index (χ2n) is 24.5. The van der Waals surface area contributed by atoms with Crippen molar-refractivity contribution in [3.63, 3.8) is 0 Å². The number of rotatable bonds is 16. The van der Waals surface area contributed by atoms with Crippen LogP contribution < -0.4 is 21.3 Å². The zero-order valence-corrected chi connectivity index (χ0v) is 51.2. The summed E-state index contributed by atoms with van der Waals surface area (Å²) in [6.45, 7) is 16.1. The third-order valence-electron chi connectivity index (χ3n) is 16.7. The minimum absolute atomic E-state index is 0.0186. The molecule has 3 aromatic carbocycles. The highest BCUT2D eigenvalue weighted by Gasteiger charge is 2.51. The molecule has 6 rings (SSSR count). The van der Waals surface area contributed by atoms with E-state index < -0.39 is 120 Å². The average molecular weight is 1180 g/mol. The maximum absolute atomic E-state index is 14.9. The predicted molar refractivity (Wildman–Crippen MR) is 314 cm³/mol. The Balaban J connectivity index is 1.29. The van der Waals surface area contributed by atoms with E-state index in [1.807, 2.05) is 32.8 Å². The third-order valence-corrected chi connectivity index (χ3v) is 17.1. The Bertz CT molecular complexity index is 2630. The Morgan fingerprint density at radius 1 is 0.880 bits per heavy atom. The van der Waals surface area contributed by atoms with Crippen molar-refractivity contribution >= 4 is 46.8 Å². The molecule has 3 heterocycles. The van der Waals surface area contributed by atoms with Gasteiger partial charge in [-0.15, -0.1) is 0 Å². The summed E-state index contributed by atoms with van der Waals surface area (Å²) in [7, 11) is 6.87. The number of nitrogens with one attached hydrogen (secondary N) is 4. The number of likely N-dealkylation sites (N-methyl/N-ethyl adjacent to an activating group) is 1. The fourth-order valence-corrected chi connectivity index (χ4v) is 12.1. The zero-order chi connectivity index (χ0) is 61.2. The molecule has 0 spiro atoms. The largest absolute Gasteiger partial charge is 0.387 e. The monoisotopic (exact) mass is 1180 g/mol. The van der Waals surface area contributed by atoms with Crippen LogP contribution >= 0.6 is 11.6 Å². The molecule has 3 aromatic rings. The lowest BCUT2D eigenvalue weighted by Crippen LogP contribution is -2.61. The number of aliphatic hydroxyl groups is 4. The van der Waals surface area contributed by atoms with E-state index in [9.17, 15) is 44.4 Å². The second kappa shape index (κ2) is 29.3. The number of anilines is 1. The number of amides is 5. The Morgan fingerprint density at radius 3 is 2.16 bits per heavy atom. The molecule has 3 saturated heterocycles. The van der Waals surface area contributed by atoms with Gasteiger partial charge in [0.2, 0.25) is 23.6 Å². The molecule has 0 aliphatic carbocycles. The van der Waals surface area contributed by atoms with Gasteiger partial charge in [-0.25, -0.2) is 0 Å². The van der Waals surface area contributed by atoms with Crippen molar-refractivity contribution in [2.45, 2.75) is 192 Å². The zero-order valence-electron chi connectivity index (χ0n) is 50.4. The van der Waals surface area contributed by atoms with Gasteiger partial charge in [-0.2, -0.15) is 0 Å². The minimum Gasteiger partial charge on any atom is -0.387 e. The van der Waals surface area contributed by atoms with Gasteiger partial charge in [0.15, 0.2) is 18.7 Å². The smallest absolute Gasteiger partial charge is 0.254 e. The number of nitrogens with zero attached hydrogens (tertiary/aromatic N) is 2. The highest BCUT2D eigenvalue weighted by molar-refractivity contribution is 6.31. The molecule has 5 amide bonds. The van der Waals surface area contributed by atoms with Crippen molar-refractivity contribution in [1.29, 1.82) is 0 Å². The van der Waals surface area contributed by atoms with Gasteiger partial charge >= 0.3 is 0 Å². The Hall–Kier alpha value is -5.10. The summed E-state index contributed by atoms with van der Waals surface area (Å²) in [4.78, 5) is 74.8. The summed E-state index contributed by atoms with van der Waals surface area (Å²) in [5.41, 5.74) is -0.787. The molecule has 83 heavy (non-hydrogen) atoms. The molecular formula is C62H91ClN6O14. The first-order valence-corrected chi connectivity index (χ1v) is 29.3. The van der Waals surface area contributed by atoms with Gasteiger partial charge < -0.3 is 75.2 Å². The minimum atomic E-state index is -1.72. The molecule has 0 saturated carbocycles. The van der Waals surface area contributed by atoms with Gasteiger partial charge in [0.1, 0.15) is 24.3 Å². The molecule has 0 radical (unpaired) electrons. The Labute approximate surface area is 494 Å². The number of hydrogen-bond acceptors (Lipinski definition) is 15. The van der Waals surface area contributed by atoms with E-state index in [4.69, 9.17) is 35.3 Å². The van der Waals surface area contributed by atoms with Crippen molar-refractivity contribution in [3.8, 4) is 0 Å². The first kappa shape index (κ1) is 67.0. The van der Waals surface area contributed by atoms with Crippen LogP contribution in [0.3, 0.4) is 0 Å². The summed E-state index contributed by atoms with van der Waals surface area (Å²) >= 11 is 6.49. The fourth-order valence-electron chi connectivity index (χ4n) is 11.9.